The molecule has 0 aliphatic rings. The molecule has 0 fully saturated rings. The van der Waals surface area contributed by atoms with Crippen molar-refractivity contribution in [1.82, 2.24) is 5.16 Å². The van der Waals surface area contributed by atoms with Gasteiger partial charge in [0.2, 0.25) is 0 Å². The van der Waals surface area contributed by atoms with Crippen LogP contribution in [0, 0.1) is 17.0 Å². The number of rotatable bonds is 6. The van der Waals surface area contributed by atoms with Crippen molar-refractivity contribution >= 4 is 35.0 Å². The molecule has 1 aromatic heterocycles. The van der Waals surface area contributed by atoms with Crippen LogP contribution in [-0.2, 0) is 9.53 Å². The number of halogens is 1. The lowest BCUT2D eigenvalue weighted by Crippen LogP contribution is -2.32. The second kappa shape index (κ2) is 7.75. The zero-order valence-corrected chi connectivity index (χ0v) is 14.1. The first-order valence-corrected chi connectivity index (χ1v) is 7.58. The maximum atomic E-state index is 12.3. The number of aryl methyl sites for hydroxylation is 1. The van der Waals surface area contributed by atoms with Gasteiger partial charge < -0.3 is 14.6 Å². The third-order valence-electron chi connectivity index (χ3n) is 3.17. The van der Waals surface area contributed by atoms with Crippen molar-refractivity contribution in [2.75, 3.05) is 5.32 Å². The van der Waals surface area contributed by atoms with Crippen LogP contribution in [0.3, 0.4) is 0 Å². The van der Waals surface area contributed by atoms with Crippen molar-refractivity contribution in [3.05, 3.63) is 50.7 Å². The van der Waals surface area contributed by atoms with E-state index in [-0.39, 0.29) is 22.8 Å². The topological polar surface area (TPSA) is 125 Å². The van der Waals surface area contributed by atoms with Gasteiger partial charge in [0.25, 0.3) is 11.6 Å². The maximum absolute atomic E-state index is 12.3. The number of anilines is 1. The van der Waals surface area contributed by atoms with Crippen LogP contribution in [0.2, 0.25) is 5.02 Å². The first-order chi connectivity index (χ1) is 11.8. The van der Waals surface area contributed by atoms with Crippen LogP contribution < -0.4 is 5.32 Å². The molecule has 1 atom stereocenters. The highest BCUT2D eigenvalue weighted by Crippen LogP contribution is 2.24. The van der Waals surface area contributed by atoms with Gasteiger partial charge in [-0.05, 0) is 25.5 Å². The van der Waals surface area contributed by atoms with Gasteiger partial charge in [-0.2, -0.15) is 0 Å². The second-order valence-electron chi connectivity index (χ2n) is 5.03. The number of benzene rings is 1. The van der Waals surface area contributed by atoms with Crippen molar-refractivity contribution in [2.45, 2.75) is 26.4 Å². The predicted molar refractivity (Wildman–Crippen MR) is 87.5 cm³/mol. The molecule has 9 nitrogen and oxygen atoms in total. The lowest BCUT2D eigenvalue weighted by molar-refractivity contribution is -0.385. The van der Waals surface area contributed by atoms with Gasteiger partial charge in [0, 0.05) is 17.2 Å². The zero-order chi connectivity index (χ0) is 18.6. The summed E-state index contributed by atoms with van der Waals surface area (Å²) in [5.41, 5.74) is -0.794. The average Bonchev–Trinajstić information content (AvgIpc) is 2.96. The number of amides is 1. The highest BCUT2D eigenvalue weighted by atomic mass is 35.5. The fraction of sp³-hybridized carbons (Fsp3) is 0.267. The zero-order valence-electron chi connectivity index (χ0n) is 13.3. The van der Waals surface area contributed by atoms with Crippen molar-refractivity contribution in [1.29, 1.82) is 0 Å². The minimum Gasteiger partial charge on any atom is -0.448 e. The number of ether oxygens (including phenoxy) is 1. The molecule has 2 rings (SSSR count). The molecule has 1 N–H and O–H groups in total. The van der Waals surface area contributed by atoms with E-state index in [0.29, 0.717) is 5.76 Å². The Bertz CT molecular complexity index is 819. The van der Waals surface area contributed by atoms with Gasteiger partial charge in [-0.25, -0.2) is 4.79 Å². The van der Waals surface area contributed by atoms with Gasteiger partial charge in [-0.1, -0.05) is 23.7 Å². The Morgan fingerprint density at radius 3 is 2.72 bits per heavy atom. The molecule has 1 aromatic carbocycles. The molecular weight excluding hydrogens is 354 g/mol. The minimum absolute atomic E-state index is 0.133. The second-order valence-corrected chi connectivity index (χ2v) is 5.47. The molecule has 25 heavy (non-hydrogen) atoms. The van der Waals surface area contributed by atoms with Gasteiger partial charge in [-0.3, -0.25) is 14.9 Å². The molecule has 0 saturated carbocycles. The number of nitro benzene ring substituents is 1. The molecule has 0 aliphatic carbocycles. The summed E-state index contributed by atoms with van der Waals surface area (Å²) in [6.45, 7) is 3.27. The summed E-state index contributed by atoms with van der Waals surface area (Å²) in [5.74, 6) is -0.984. The Hall–Kier alpha value is -2.94. The number of carbonyl (C=O) groups excluding carboxylic acids is 2. The molecule has 0 aliphatic heterocycles. The smallest absolute Gasteiger partial charge is 0.346 e. The fourth-order valence-corrected chi connectivity index (χ4v) is 2.15. The Labute approximate surface area is 147 Å². The third-order valence-corrected chi connectivity index (χ3v) is 3.40. The third kappa shape index (κ3) is 4.54. The number of aromatic nitrogens is 1. The van der Waals surface area contributed by atoms with E-state index >= 15 is 0 Å². The quantitative estimate of drug-likeness (QED) is 0.472. The Morgan fingerprint density at radius 2 is 2.16 bits per heavy atom. The average molecular weight is 368 g/mol. The van der Waals surface area contributed by atoms with Crippen LogP contribution in [0.1, 0.15) is 29.5 Å². The molecule has 0 saturated heterocycles. The summed E-state index contributed by atoms with van der Waals surface area (Å²) < 4.78 is 9.92. The Morgan fingerprint density at radius 1 is 1.44 bits per heavy atom. The number of nitro groups is 1. The van der Waals surface area contributed by atoms with Crippen molar-refractivity contribution in [3.63, 3.8) is 0 Å². The number of nitrogens with zero attached hydrogens (tertiary/aromatic N) is 2. The fourth-order valence-electron chi connectivity index (χ4n) is 1.98. The first kappa shape index (κ1) is 18.4. The molecule has 1 amide bonds. The highest BCUT2D eigenvalue weighted by molar-refractivity contribution is 6.31. The summed E-state index contributed by atoms with van der Waals surface area (Å²) in [6.07, 6.45) is -1.01. The lowest BCUT2D eigenvalue weighted by Gasteiger charge is -2.15. The molecule has 2 aromatic rings. The largest absolute Gasteiger partial charge is 0.448 e. The van der Waals surface area contributed by atoms with Crippen LogP contribution in [-0.4, -0.2) is 28.1 Å². The molecule has 1 heterocycles. The SMILES string of the molecule is CCC(OC(=O)c1cc(Cl)ccc1[N+](=O)[O-])C(=O)Nc1cc(C)on1. The minimum atomic E-state index is -1.16. The molecule has 0 spiro atoms. The highest BCUT2D eigenvalue weighted by Gasteiger charge is 2.27. The molecule has 132 valence electrons. The van der Waals surface area contributed by atoms with Gasteiger partial charge >= 0.3 is 5.97 Å². The van der Waals surface area contributed by atoms with Crippen LogP contribution in [0.5, 0.6) is 0 Å². The summed E-state index contributed by atoms with van der Waals surface area (Å²) >= 11 is 5.78. The summed E-state index contributed by atoms with van der Waals surface area (Å²) in [7, 11) is 0. The molecule has 1 unspecified atom stereocenters. The van der Waals surface area contributed by atoms with E-state index in [1.165, 1.54) is 12.1 Å². The monoisotopic (exact) mass is 367 g/mol. The first-order valence-electron chi connectivity index (χ1n) is 7.21. The van der Waals surface area contributed by atoms with E-state index in [4.69, 9.17) is 20.9 Å². The number of hydrogen-bond acceptors (Lipinski definition) is 7. The van der Waals surface area contributed by atoms with Gasteiger partial charge in [0.05, 0.1) is 4.92 Å². The molecule has 10 heteroatoms. The van der Waals surface area contributed by atoms with Crippen LogP contribution in [0.25, 0.3) is 0 Å². The van der Waals surface area contributed by atoms with Crippen LogP contribution >= 0.6 is 11.6 Å². The van der Waals surface area contributed by atoms with Gasteiger partial charge in [-0.15, -0.1) is 0 Å². The van der Waals surface area contributed by atoms with E-state index in [9.17, 15) is 19.7 Å². The normalized spacial score (nSPS) is 11.6. The summed E-state index contributed by atoms with van der Waals surface area (Å²) in [4.78, 5) is 34.7. The van der Waals surface area contributed by atoms with Crippen LogP contribution in [0.15, 0.2) is 28.8 Å². The van der Waals surface area contributed by atoms with Crippen LogP contribution in [0.4, 0.5) is 11.5 Å². The van der Waals surface area contributed by atoms with E-state index in [1.807, 2.05) is 0 Å². The van der Waals surface area contributed by atoms with Gasteiger partial charge in [0.1, 0.15) is 11.3 Å². The van der Waals surface area contributed by atoms with E-state index in [2.05, 4.69) is 10.5 Å². The van der Waals surface area contributed by atoms with E-state index in [0.717, 1.165) is 12.1 Å². The Balaban J connectivity index is 2.15. The van der Waals surface area contributed by atoms with Crippen molar-refractivity contribution in [3.8, 4) is 0 Å². The number of esters is 1. The standard InChI is InChI=1S/C15H14ClN3O6/c1-3-12(14(20)17-13-6-8(2)25-18-13)24-15(21)10-7-9(16)4-5-11(10)19(22)23/h4-7,12H,3H2,1-2H3,(H,17,18,20). The molecule has 0 bridgehead atoms. The van der Waals surface area contributed by atoms with E-state index in [1.54, 1.807) is 13.8 Å². The van der Waals surface area contributed by atoms with Gasteiger partial charge in [0.15, 0.2) is 11.9 Å². The summed E-state index contributed by atoms with van der Waals surface area (Å²) in [5, 5.41) is 17.2. The van der Waals surface area contributed by atoms with Crippen molar-refractivity contribution in [2.24, 2.45) is 0 Å². The summed E-state index contributed by atoms with van der Waals surface area (Å²) in [6, 6.07) is 4.99. The predicted octanol–water partition coefficient (Wildman–Crippen LogP) is 3.12. The lowest BCUT2D eigenvalue weighted by atomic mass is 10.1. The van der Waals surface area contributed by atoms with Crippen molar-refractivity contribution < 1.29 is 23.8 Å². The number of hydrogen-bond donors (Lipinski definition) is 1. The number of nitrogens with one attached hydrogen (secondary N) is 1. The van der Waals surface area contributed by atoms with E-state index < -0.39 is 28.6 Å². The number of carbonyl (C=O) groups is 2. The maximum Gasteiger partial charge on any atom is 0.346 e. The Kier molecular flexibility index (Phi) is 5.71. The molecule has 0 radical (unpaired) electrons. The molecular formula is C15H14ClN3O6.